The molecule has 1 amide bonds. The second-order valence-corrected chi connectivity index (χ2v) is 7.69. The number of carbonyl (C=O) groups is 1. The van der Waals surface area contributed by atoms with Crippen LogP contribution < -0.4 is 21.9 Å². The summed E-state index contributed by atoms with van der Waals surface area (Å²) in [4.78, 5) is 46.4. The van der Waals surface area contributed by atoms with Gasteiger partial charge in [0.15, 0.2) is 17.1 Å². The van der Waals surface area contributed by atoms with Crippen molar-refractivity contribution in [3.63, 3.8) is 0 Å². The van der Waals surface area contributed by atoms with E-state index in [0.29, 0.717) is 24.3 Å². The van der Waals surface area contributed by atoms with Gasteiger partial charge in [-0.1, -0.05) is 48.8 Å². The number of aromatic amines is 1. The van der Waals surface area contributed by atoms with Crippen LogP contribution in [0.15, 0.2) is 75.0 Å². The maximum absolute atomic E-state index is 13.6. The molecular weight excluding hydrogens is 436 g/mol. The van der Waals surface area contributed by atoms with Crippen molar-refractivity contribution >= 4 is 17.4 Å². The molecule has 0 fully saturated rings. The summed E-state index contributed by atoms with van der Waals surface area (Å²) in [7, 11) is 0. The zero-order chi connectivity index (χ0) is 24.1. The lowest BCUT2D eigenvalue weighted by molar-refractivity contribution is 0.0976. The van der Waals surface area contributed by atoms with Gasteiger partial charge in [0, 0.05) is 30.6 Å². The molecule has 0 aliphatic rings. The fraction of sp³-hybridized carbons (Fsp3) is 0.208. The zero-order valence-corrected chi connectivity index (χ0v) is 18.6. The molecule has 1 aromatic carbocycles. The number of amides is 1. The third kappa shape index (κ3) is 4.65. The summed E-state index contributed by atoms with van der Waals surface area (Å²) >= 11 is 0. The van der Waals surface area contributed by atoms with Gasteiger partial charge in [-0.05, 0) is 24.1 Å². The topological polar surface area (TPSA) is 140 Å². The van der Waals surface area contributed by atoms with Gasteiger partial charge in [-0.15, -0.1) is 0 Å². The van der Waals surface area contributed by atoms with Crippen molar-refractivity contribution in [1.29, 1.82) is 0 Å². The van der Waals surface area contributed by atoms with Crippen molar-refractivity contribution in [3.8, 4) is 11.3 Å². The number of aromatic nitrogens is 4. The van der Waals surface area contributed by atoms with Gasteiger partial charge in [0.25, 0.3) is 11.5 Å². The number of benzene rings is 1. The Bertz CT molecular complexity index is 1390. The van der Waals surface area contributed by atoms with Gasteiger partial charge in [-0.25, -0.2) is 4.79 Å². The second kappa shape index (κ2) is 9.99. The first-order valence-electron chi connectivity index (χ1n) is 10.8. The van der Waals surface area contributed by atoms with Gasteiger partial charge >= 0.3 is 5.69 Å². The minimum Gasteiger partial charge on any atom is -0.383 e. The summed E-state index contributed by atoms with van der Waals surface area (Å²) in [6, 6.07) is 14.1. The minimum atomic E-state index is -0.754. The molecule has 10 nitrogen and oxygen atoms in total. The third-order valence-corrected chi connectivity index (χ3v) is 5.32. The number of anilines is 2. The molecule has 0 aliphatic heterocycles. The van der Waals surface area contributed by atoms with Gasteiger partial charge in [-0.3, -0.25) is 29.0 Å². The van der Waals surface area contributed by atoms with Crippen LogP contribution >= 0.6 is 0 Å². The summed E-state index contributed by atoms with van der Waals surface area (Å²) in [5.74, 6) is -0.325. The maximum Gasteiger partial charge on any atom is 0.330 e. The smallest absolute Gasteiger partial charge is 0.330 e. The highest BCUT2D eigenvalue weighted by atomic mass is 16.5. The van der Waals surface area contributed by atoms with Crippen LogP contribution in [0.3, 0.4) is 0 Å². The summed E-state index contributed by atoms with van der Waals surface area (Å²) in [5, 5.41) is 3.91. The quantitative estimate of drug-likeness (QED) is 0.412. The Morgan fingerprint density at radius 1 is 1.18 bits per heavy atom. The van der Waals surface area contributed by atoms with Crippen LogP contribution in [0.5, 0.6) is 0 Å². The molecule has 3 heterocycles. The zero-order valence-electron chi connectivity index (χ0n) is 18.6. The molecule has 4 rings (SSSR count). The van der Waals surface area contributed by atoms with E-state index >= 15 is 0 Å². The minimum absolute atomic E-state index is 0.0140. The van der Waals surface area contributed by atoms with Gasteiger partial charge in [0.2, 0.25) is 0 Å². The number of rotatable bonds is 8. The average Bonchev–Trinajstić information content (AvgIpc) is 3.34. The number of nitrogen functional groups attached to an aromatic ring is 1. The lowest BCUT2D eigenvalue weighted by Crippen LogP contribution is -2.41. The predicted octanol–water partition coefficient (Wildman–Crippen LogP) is 2.82. The molecule has 4 aromatic rings. The summed E-state index contributed by atoms with van der Waals surface area (Å²) in [6.45, 7) is 2.32. The number of hydrogen-bond acceptors (Lipinski definition) is 7. The van der Waals surface area contributed by atoms with Crippen molar-refractivity contribution in [2.75, 3.05) is 10.6 Å². The number of unbranched alkanes of at least 4 members (excludes halogenated alkanes) is 1. The second-order valence-electron chi connectivity index (χ2n) is 7.69. The Hall–Kier alpha value is -4.47. The van der Waals surface area contributed by atoms with E-state index in [-0.39, 0.29) is 23.7 Å². The molecule has 0 radical (unpaired) electrons. The van der Waals surface area contributed by atoms with E-state index in [4.69, 9.17) is 10.3 Å². The van der Waals surface area contributed by atoms with Crippen molar-refractivity contribution in [3.05, 3.63) is 93.0 Å². The highest BCUT2D eigenvalue weighted by molar-refractivity contribution is 6.06. The van der Waals surface area contributed by atoms with Crippen LogP contribution in [0.25, 0.3) is 11.3 Å². The molecule has 3 aromatic heterocycles. The Morgan fingerprint density at radius 2 is 1.97 bits per heavy atom. The lowest BCUT2D eigenvalue weighted by atomic mass is 10.1. The van der Waals surface area contributed by atoms with Crippen LogP contribution in [-0.2, 0) is 13.1 Å². The number of hydrogen-bond donors (Lipinski definition) is 2. The summed E-state index contributed by atoms with van der Waals surface area (Å²) in [5.41, 5.74) is 6.20. The molecule has 0 saturated carbocycles. The number of H-pyrrole nitrogens is 1. The highest BCUT2D eigenvalue weighted by Gasteiger charge is 2.28. The summed E-state index contributed by atoms with van der Waals surface area (Å²) in [6.07, 6.45) is 4.71. The average molecular weight is 460 g/mol. The molecule has 174 valence electrons. The number of nitrogens with two attached hydrogens (primary N) is 1. The van der Waals surface area contributed by atoms with Crippen LogP contribution in [-0.4, -0.2) is 25.6 Å². The molecule has 0 unspecified atom stereocenters. The monoisotopic (exact) mass is 460 g/mol. The van der Waals surface area contributed by atoms with E-state index in [1.165, 1.54) is 15.5 Å². The van der Waals surface area contributed by atoms with Crippen molar-refractivity contribution in [2.45, 2.75) is 32.9 Å². The van der Waals surface area contributed by atoms with E-state index in [1.54, 1.807) is 24.5 Å². The standard InChI is InChI=1S/C24H24N6O4/c1-2-3-12-29-21(25)20(22(31)27-24(29)33)30(15-16-8-5-4-6-9-16)23(32)18-13-19(34-28-18)17-10-7-11-26-14-17/h4-11,13-14H,2-3,12,15,25H2,1H3,(H,27,31,33). The molecule has 0 aliphatic carbocycles. The molecule has 34 heavy (non-hydrogen) atoms. The Balaban J connectivity index is 1.80. The van der Waals surface area contributed by atoms with Crippen LogP contribution in [0.4, 0.5) is 11.5 Å². The molecular formula is C24H24N6O4. The first kappa shape index (κ1) is 22.7. The van der Waals surface area contributed by atoms with Gasteiger partial charge in [-0.2, -0.15) is 0 Å². The first-order valence-corrected chi connectivity index (χ1v) is 10.8. The number of nitrogens with one attached hydrogen (secondary N) is 1. The lowest BCUT2D eigenvalue weighted by Gasteiger charge is -2.24. The van der Waals surface area contributed by atoms with E-state index in [9.17, 15) is 14.4 Å². The Kier molecular flexibility index (Phi) is 6.67. The number of pyridine rings is 1. The summed E-state index contributed by atoms with van der Waals surface area (Å²) < 4.78 is 6.63. The van der Waals surface area contributed by atoms with Crippen molar-refractivity contribution in [2.24, 2.45) is 0 Å². The number of carbonyl (C=O) groups excluding carboxylic acids is 1. The SMILES string of the molecule is CCCCn1c(N)c(N(Cc2ccccc2)C(=O)c2cc(-c3cccnc3)on2)c(=O)[nH]c1=O. The van der Waals surface area contributed by atoms with E-state index in [1.807, 2.05) is 37.3 Å². The maximum atomic E-state index is 13.6. The van der Waals surface area contributed by atoms with Crippen molar-refractivity contribution < 1.29 is 9.32 Å². The predicted molar refractivity (Wildman–Crippen MR) is 127 cm³/mol. The van der Waals surface area contributed by atoms with Crippen LogP contribution in [0.1, 0.15) is 35.8 Å². The van der Waals surface area contributed by atoms with E-state index in [0.717, 1.165) is 12.0 Å². The Morgan fingerprint density at radius 3 is 2.68 bits per heavy atom. The normalized spacial score (nSPS) is 10.9. The fourth-order valence-corrected chi connectivity index (χ4v) is 3.55. The van der Waals surface area contributed by atoms with Crippen LogP contribution in [0.2, 0.25) is 0 Å². The molecule has 0 bridgehead atoms. The van der Waals surface area contributed by atoms with Gasteiger partial charge in [0.1, 0.15) is 5.82 Å². The largest absolute Gasteiger partial charge is 0.383 e. The van der Waals surface area contributed by atoms with E-state index in [2.05, 4.69) is 15.1 Å². The third-order valence-electron chi connectivity index (χ3n) is 5.32. The fourth-order valence-electron chi connectivity index (χ4n) is 3.55. The Labute approximate surface area is 194 Å². The molecule has 0 atom stereocenters. The molecule has 3 N–H and O–H groups in total. The number of nitrogens with zero attached hydrogens (tertiary/aromatic N) is 4. The highest BCUT2D eigenvalue weighted by Crippen LogP contribution is 2.24. The molecule has 0 spiro atoms. The van der Waals surface area contributed by atoms with Crippen molar-refractivity contribution in [1.82, 2.24) is 19.7 Å². The van der Waals surface area contributed by atoms with Crippen LogP contribution in [0, 0.1) is 0 Å². The molecule has 0 saturated heterocycles. The van der Waals surface area contributed by atoms with Gasteiger partial charge < -0.3 is 10.3 Å². The first-order chi connectivity index (χ1) is 16.5. The molecule has 10 heteroatoms. The van der Waals surface area contributed by atoms with E-state index < -0.39 is 17.2 Å². The van der Waals surface area contributed by atoms with Gasteiger partial charge in [0.05, 0.1) is 6.54 Å².